The van der Waals surface area contributed by atoms with Gasteiger partial charge in [-0.2, -0.15) is 5.26 Å². The van der Waals surface area contributed by atoms with Crippen LogP contribution in [0.2, 0.25) is 0 Å². The fourth-order valence-corrected chi connectivity index (χ4v) is 2.45. The highest BCUT2D eigenvalue weighted by Gasteiger charge is 2.25. The molecule has 1 heterocycles. The zero-order chi connectivity index (χ0) is 13.8. The molecule has 1 amide bonds. The van der Waals surface area contributed by atoms with Crippen molar-refractivity contribution in [1.82, 2.24) is 5.32 Å². The van der Waals surface area contributed by atoms with Crippen molar-refractivity contribution < 1.29 is 9.18 Å². The first kappa shape index (κ1) is 13.3. The highest BCUT2D eigenvalue weighted by atomic mass is 19.1. The predicted molar refractivity (Wildman–Crippen MR) is 70.1 cm³/mol. The normalized spacial score (nSPS) is 18.8. The van der Waals surface area contributed by atoms with Crippen LogP contribution in [0.25, 0.3) is 0 Å². The van der Waals surface area contributed by atoms with E-state index in [9.17, 15) is 9.18 Å². The number of benzene rings is 1. The first-order valence-corrected chi connectivity index (χ1v) is 6.31. The fraction of sp³-hybridized carbons (Fsp3) is 0.429. The standard InChI is InChI=1S/C14H16FN3O/c1-17-14(19)11-3-2-4-18(9-11)13-6-10(8-16)5-12(15)7-13/h5-7,11H,2-4,9H2,1H3,(H,17,19). The number of nitriles is 1. The van der Waals surface area contributed by atoms with Gasteiger partial charge in [0, 0.05) is 25.8 Å². The molecule has 0 spiro atoms. The summed E-state index contributed by atoms with van der Waals surface area (Å²) >= 11 is 0. The van der Waals surface area contributed by atoms with Crippen molar-refractivity contribution in [3.05, 3.63) is 29.6 Å². The van der Waals surface area contributed by atoms with Gasteiger partial charge in [-0.1, -0.05) is 0 Å². The highest BCUT2D eigenvalue weighted by Crippen LogP contribution is 2.25. The minimum atomic E-state index is -0.420. The summed E-state index contributed by atoms with van der Waals surface area (Å²) in [6.45, 7) is 1.34. The topological polar surface area (TPSA) is 56.1 Å². The molecule has 1 fully saturated rings. The van der Waals surface area contributed by atoms with E-state index < -0.39 is 5.82 Å². The van der Waals surface area contributed by atoms with Crippen LogP contribution in [0.15, 0.2) is 18.2 Å². The van der Waals surface area contributed by atoms with E-state index in [0.29, 0.717) is 17.8 Å². The number of anilines is 1. The van der Waals surface area contributed by atoms with Gasteiger partial charge in [0.1, 0.15) is 5.82 Å². The highest BCUT2D eigenvalue weighted by molar-refractivity contribution is 5.79. The van der Waals surface area contributed by atoms with Crippen molar-refractivity contribution in [1.29, 1.82) is 5.26 Å². The Labute approximate surface area is 111 Å². The van der Waals surface area contributed by atoms with E-state index in [1.807, 2.05) is 11.0 Å². The second-order valence-corrected chi connectivity index (χ2v) is 4.71. The molecule has 1 unspecified atom stereocenters. The van der Waals surface area contributed by atoms with Gasteiger partial charge in [0.2, 0.25) is 5.91 Å². The molecule has 1 atom stereocenters. The molecule has 0 aliphatic carbocycles. The Morgan fingerprint density at radius 2 is 2.32 bits per heavy atom. The van der Waals surface area contributed by atoms with E-state index in [0.717, 1.165) is 19.4 Å². The number of amides is 1. The molecule has 1 aliphatic rings. The van der Waals surface area contributed by atoms with Gasteiger partial charge in [-0.15, -0.1) is 0 Å². The Kier molecular flexibility index (Phi) is 4.00. The maximum Gasteiger partial charge on any atom is 0.224 e. The van der Waals surface area contributed by atoms with E-state index in [1.54, 1.807) is 13.1 Å². The zero-order valence-electron chi connectivity index (χ0n) is 10.8. The molecule has 0 radical (unpaired) electrons. The van der Waals surface area contributed by atoms with Crippen LogP contribution in [0.3, 0.4) is 0 Å². The molecular weight excluding hydrogens is 245 g/mol. The van der Waals surface area contributed by atoms with E-state index in [2.05, 4.69) is 5.32 Å². The van der Waals surface area contributed by atoms with E-state index in [1.165, 1.54) is 12.1 Å². The molecule has 1 aliphatic heterocycles. The minimum Gasteiger partial charge on any atom is -0.371 e. The van der Waals surface area contributed by atoms with Crippen LogP contribution in [0, 0.1) is 23.1 Å². The number of carbonyl (C=O) groups is 1. The number of nitrogens with one attached hydrogen (secondary N) is 1. The number of carbonyl (C=O) groups excluding carboxylic acids is 1. The van der Waals surface area contributed by atoms with Crippen molar-refractivity contribution in [2.24, 2.45) is 5.92 Å². The SMILES string of the molecule is CNC(=O)C1CCCN(c2cc(F)cc(C#N)c2)C1. The van der Waals surface area contributed by atoms with Crippen LogP contribution in [0.4, 0.5) is 10.1 Å². The summed E-state index contributed by atoms with van der Waals surface area (Å²) in [6, 6.07) is 6.23. The van der Waals surface area contributed by atoms with Gasteiger partial charge in [0.25, 0.3) is 0 Å². The van der Waals surface area contributed by atoms with Gasteiger partial charge in [-0.05, 0) is 31.0 Å². The summed E-state index contributed by atoms with van der Waals surface area (Å²) in [4.78, 5) is 13.6. The number of hydrogen-bond acceptors (Lipinski definition) is 3. The molecule has 4 nitrogen and oxygen atoms in total. The molecule has 19 heavy (non-hydrogen) atoms. The summed E-state index contributed by atoms with van der Waals surface area (Å²) in [5.74, 6) is -0.481. The van der Waals surface area contributed by atoms with Gasteiger partial charge < -0.3 is 10.2 Å². The third kappa shape index (κ3) is 3.02. The lowest BCUT2D eigenvalue weighted by atomic mass is 9.96. The zero-order valence-corrected chi connectivity index (χ0v) is 10.8. The minimum absolute atomic E-state index is 0.0154. The number of halogens is 1. The first-order chi connectivity index (χ1) is 9.13. The van der Waals surface area contributed by atoms with Crippen molar-refractivity contribution in [2.45, 2.75) is 12.8 Å². The summed E-state index contributed by atoms with van der Waals surface area (Å²) in [5, 5.41) is 11.5. The summed E-state index contributed by atoms with van der Waals surface area (Å²) in [7, 11) is 1.62. The van der Waals surface area contributed by atoms with E-state index in [4.69, 9.17) is 5.26 Å². The van der Waals surface area contributed by atoms with Crippen molar-refractivity contribution in [2.75, 3.05) is 25.0 Å². The van der Waals surface area contributed by atoms with Crippen LogP contribution in [0.1, 0.15) is 18.4 Å². The van der Waals surface area contributed by atoms with Crippen molar-refractivity contribution in [3.8, 4) is 6.07 Å². The van der Waals surface area contributed by atoms with Crippen LogP contribution in [-0.2, 0) is 4.79 Å². The van der Waals surface area contributed by atoms with Crippen molar-refractivity contribution in [3.63, 3.8) is 0 Å². The first-order valence-electron chi connectivity index (χ1n) is 6.31. The summed E-state index contributed by atoms with van der Waals surface area (Å²) < 4.78 is 13.4. The Hall–Kier alpha value is -2.09. The third-order valence-electron chi connectivity index (χ3n) is 3.42. The second kappa shape index (κ2) is 5.70. The van der Waals surface area contributed by atoms with Crippen LogP contribution in [0.5, 0.6) is 0 Å². The molecule has 0 saturated carbocycles. The van der Waals surface area contributed by atoms with Gasteiger partial charge in [0.05, 0.1) is 17.6 Å². The molecule has 0 bridgehead atoms. The van der Waals surface area contributed by atoms with Gasteiger partial charge in [-0.3, -0.25) is 4.79 Å². The number of hydrogen-bond donors (Lipinski definition) is 1. The molecule has 1 N–H and O–H groups in total. The number of nitrogens with zero attached hydrogens (tertiary/aromatic N) is 2. The Balaban J connectivity index is 2.20. The molecular formula is C14H16FN3O. The Morgan fingerprint density at radius 3 is 3.00 bits per heavy atom. The van der Waals surface area contributed by atoms with E-state index >= 15 is 0 Å². The van der Waals surface area contributed by atoms with Gasteiger partial charge >= 0.3 is 0 Å². The van der Waals surface area contributed by atoms with Gasteiger partial charge in [0.15, 0.2) is 0 Å². The lowest BCUT2D eigenvalue weighted by Crippen LogP contribution is -2.42. The maximum absolute atomic E-state index is 13.4. The van der Waals surface area contributed by atoms with E-state index in [-0.39, 0.29) is 11.8 Å². The molecule has 1 saturated heterocycles. The molecule has 5 heteroatoms. The molecule has 1 aromatic carbocycles. The average Bonchev–Trinajstić information content (AvgIpc) is 2.45. The van der Waals surface area contributed by atoms with Crippen LogP contribution < -0.4 is 10.2 Å². The number of piperidine rings is 1. The molecule has 1 aromatic rings. The van der Waals surface area contributed by atoms with Gasteiger partial charge in [-0.25, -0.2) is 4.39 Å². The molecule has 100 valence electrons. The quantitative estimate of drug-likeness (QED) is 0.881. The fourth-order valence-electron chi connectivity index (χ4n) is 2.45. The lowest BCUT2D eigenvalue weighted by Gasteiger charge is -2.33. The largest absolute Gasteiger partial charge is 0.371 e. The lowest BCUT2D eigenvalue weighted by molar-refractivity contribution is -0.124. The monoisotopic (exact) mass is 261 g/mol. The maximum atomic E-state index is 13.4. The Morgan fingerprint density at radius 1 is 1.53 bits per heavy atom. The molecule has 0 aromatic heterocycles. The smallest absolute Gasteiger partial charge is 0.224 e. The van der Waals surface area contributed by atoms with Crippen LogP contribution >= 0.6 is 0 Å². The van der Waals surface area contributed by atoms with Crippen LogP contribution in [-0.4, -0.2) is 26.0 Å². The molecule has 2 rings (SSSR count). The number of rotatable bonds is 2. The predicted octanol–water partition coefficient (Wildman–Crippen LogP) is 1.66. The summed E-state index contributed by atoms with van der Waals surface area (Å²) in [5.41, 5.74) is 0.974. The Bertz CT molecular complexity index is 524. The second-order valence-electron chi connectivity index (χ2n) is 4.71. The third-order valence-corrected chi connectivity index (χ3v) is 3.42. The van der Waals surface area contributed by atoms with Crippen molar-refractivity contribution >= 4 is 11.6 Å². The summed E-state index contributed by atoms with van der Waals surface area (Å²) in [6.07, 6.45) is 1.73. The average molecular weight is 261 g/mol.